The van der Waals surface area contributed by atoms with Crippen molar-refractivity contribution in [2.45, 2.75) is 45.4 Å². The number of hydrogen-bond acceptors (Lipinski definition) is 2. The second-order valence-electron chi connectivity index (χ2n) is 4.98. The van der Waals surface area contributed by atoms with Crippen LogP contribution < -0.4 is 5.32 Å². The van der Waals surface area contributed by atoms with E-state index in [1.165, 1.54) is 32.1 Å². The molecular weight excluding hydrogens is 212 g/mol. The third-order valence-electron chi connectivity index (χ3n) is 3.38. The molecule has 2 rings (SSSR count). The molecule has 1 aliphatic rings. The first-order valence-corrected chi connectivity index (χ1v) is 6.46. The van der Waals surface area contributed by atoms with E-state index in [4.69, 9.17) is 0 Å². The number of carbonyl (C=O) groups excluding carboxylic acids is 1. The van der Waals surface area contributed by atoms with Gasteiger partial charge in [0.1, 0.15) is 5.82 Å². The topological polar surface area (TPSA) is 42.0 Å². The lowest BCUT2D eigenvalue weighted by Crippen LogP contribution is -2.18. The van der Waals surface area contributed by atoms with Gasteiger partial charge in [-0.25, -0.2) is 4.98 Å². The second-order valence-corrected chi connectivity index (χ2v) is 4.98. The maximum Gasteiger partial charge on any atom is 0.225 e. The standard InChI is InChI=1S/C14H20N2O/c1-11-7-8-13(15-10-11)16-14(17)9-12-5-3-2-4-6-12/h7-8,10,12H,2-6,9H2,1H3,(H,15,16,17). The summed E-state index contributed by atoms with van der Waals surface area (Å²) >= 11 is 0. The highest BCUT2D eigenvalue weighted by Crippen LogP contribution is 2.26. The minimum atomic E-state index is 0.105. The molecule has 0 unspecified atom stereocenters. The van der Waals surface area contributed by atoms with E-state index in [2.05, 4.69) is 10.3 Å². The molecule has 0 aliphatic heterocycles. The summed E-state index contributed by atoms with van der Waals surface area (Å²) in [5, 5.41) is 2.87. The number of nitrogens with one attached hydrogen (secondary N) is 1. The molecule has 0 radical (unpaired) electrons. The van der Waals surface area contributed by atoms with E-state index >= 15 is 0 Å². The van der Waals surface area contributed by atoms with E-state index < -0.39 is 0 Å². The zero-order chi connectivity index (χ0) is 12.1. The first-order chi connectivity index (χ1) is 8.24. The van der Waals surface area contributed by atoms with Crippen molar-refractivity contribution in [1.82, 2.24) is 4.98 Å². The number of rotatable bonds is 3. The van der Waals surface area contributed by atoms with Gasteiger partial charge in [-0.15, -0.1) is 0 Å². The van der Waals surface area contributed by atoms with E-state index in [9.17, 15) is 4.79 Å². The summed E-state index contributed by atoms with van der Waals surface area (Å²) in [6.45, 7) is 1.99. The highest BCUT2D eigenvalue weighted by molar-refractivity contribution is 5.89. The van der Waals surface area contributed by atoms with E-state index in [-0.39, 0.29) is 5.91 Å². The third-order valence-corrected chi connectivity index (χ3v) is 3.38. The Hall–Kier alpha value is -1.38. The summed E-state index contributed by atoms with van der Waals surface area (Å²) in [5.74, 6) is 1.35. The van der Waals surface area contributed by atoms with Crippen LogP contribution in [0.4, 0.5) is 5.82 Å². The smallest absolute Gasteiger partial charge is 0.225 e. The van der Waals surface area contributed by atoms with Crippen LogP contribution in [0.15, 0.2) is 18.3 Å². The molecule has 0 atom stereocenters. The van der Waals surface area contributed by atoms with Gasteiger partial charge >= 0.3 is 0 Å². The van der Waals surface area contributed by atoms with Crippen LogP contribution >= 0.6 is 0 Å². The van der Waals surface area contributed by atoms with Gasteiger partial charge in [-0.1, -0.05) is 25.3 Å². The summed E-state index contributed by atoms with van der Waals surface area (Å²) < 4.78 is 0. The Bertz CT molecular complexity index is 366. The highest BCUT2D eigenvalue weighted by Gasteiger charge is 2.17. The summed E-state index contributed by atoms with van der Waals surface area (Å²) in [4.78, 5) is 16.0. The number of nitrogens with zero attached hydrogens (tertiary/aromatic N) is 1. The number of aryl methyl sites for hydroxylation is 1. The lowest BCUT2D eigenvalue weighted by molar-refractivity contribution is -0.117. The predicted octanol–water partition coefficient (Wildman–Crippen LogP) is 3.30. The Labute approximate surface area is 103 Å². The zero-order valence-electron chi connectivity index (χ0n) is 10.4. The molecule has 1 aromatic heterocycles. The van der Waals surface area contributed by atoms with Crippen LogP contribution in [-0.4, -0.2) is 10.9 Å². The molecule has 1 saturated carbocycles. The van der Waals surface area contributed by atoms with Crippen LogP contribution in [0, 0.1) is 12.8 Å². The molecular formula is C14H20N2O. The third kappa shape index (κ3) is 3.84. The van der Waals surface area contributed by atoms with Crippen molar-refractivity contribution in [2.75, 3.05) is 5.32 Å². The fraction of sp³-hybridized carbons (Fsp3) is 0.571. The maximum atomic E-state index is 11.8. The molecule has 0 spiro atoms. The molecule has 1 fully saturated rings. The van der Waals surface area contributed by atoms with Gasteiger partial charge in [-0.05, 0) is 37.3 Å². The molecule has 1 amide bonds. The average molecular weight is 232 g/mol. The van der Waals surface area contributed by atoms with Gasteiger partial charge in [0.05, 0.1) is 0 Å². The Morgan fingerprint density at radius 2 is 2.12 bits per heavy atom. The zero-order valence-corrected chi connectivity index (χ0v) is 10.4. The quantitative estimate of drug-likeness (QED) is 0.868. The second kappa shape index (κ2) is 5.80. The number of amides is 1. The number of anilines is 1. The first kappa shape index (κ1) is 12.1. The number of hydrogen-bond donors (Lipinski definition) is 1. The molecule has 0 aromatic carbocycles. The summed E-state index contributed by atoms with van der Waals surface area (Å²) in [6.07, 6.45) is 8.72. The minimum Gasteiger partial charge on any atom is -0.311 e. The van der Waals surface area contributed by atoms with Crippen LogP contribution in [0.1, 0.15) is 44.1 Å². The Kier molecular flexibility index (Phi) is 4.13. The van der Waals surface area contributed by atoms with Gasteiger partial charge in [0, 0.05) is 12.6 Å². The van der Waals surface area contributed by atoms with E-state index in [1.807, 2.05) is 19.1 Å². The van der Waals surface area contributed by atoms with Crippen molar-refractivity contribution < 1.29 is 4.79 Å². The minimum absolute atomic E-state index is 0.105. The van der Waals surface area contributed by atoms with Crippen LogP contribution in [0.2, 0.25) is 0 Å². The Morgan fingerprint density at radius 3 is 2.76 bits per heavy atom. The van der Waals surface area contributed by atoms with Crippen LogP contribution in [0.5, 0.6) is 0 Å². The van der Waals surface area contributed by atoms with Gasteiger partial charge in [0.25, 0.3) is 0 Å². The monoisotopic (exact) mass is 232 g/mol. The molecule has 1 N–H and O–H groups in total. The lowest BCUT2D eigenvalue weighted by atomic mass is 9.87. The average Bonchev–Trinajstić information content (AvgIpc) is 2.33. The molecule has 3 nitrogen and oxygen atoms in total. The van der Waals surface area contributed by atoms with Crippen molar-refractivity contribution in [2.24, 2.45) is 5.92 Å². The summed E-state index contributed by atoms with van der Waals surface area (Å²) in [7, 11) is 0. The number of carbonyl (C=O) groups is 1. The van der Waals surface area contributed by atoms with Crippen LogP contribution in [0.25, 0.3) is 0 Å². The molecule has 17 heavy (non-hydrogen) atoms. The van der Waals surface area contributed by atoms with E-state index in [1.54, 1.807) is 6.20 Å². The van der Waals surface area contributed by atoms with Crippen molar-refractivity contribution in [1.29, 1.82) is 0 Å². The van der Waals surface area contributed by atoms with Crippen LogP contribution in [-0.2, 0) is 4.79 Å². The van der Waals surface area contributed by atoms with Gasteiger partial charge in [0.2, 0.25) is 5.91 Å². The summed E-state index contributed by atoms with van der Waals surface area (Å²) in [6, 6.07) is 3.82. The lowest BCUT2D eigenvalue weighted by Gasteiger charge is -2.20. The fourth-order valence-corrected chi connectivity index (χ4v) is 2.39. The molecule has 1 aliphatic carbocycles. The van der Waals surface area contributed by atoms with Crippen molar-refractivity contribution >= 4 is 11.7 Å². The Morgan fingerprint density at radius 1 is 1.35 bits per heavy atom. The molecule has 0 saturated heterocycles. The first-order valence-electron chi connectivity index (χ1n) is 6.46. The van der Waals surface area contributed by atoms with Gasteiger partial charge in [-0.3, -0.25) is 4.79 Å². The normalized spacial score (nSPS) is 16.8. The molecule has 92 valence electrons. The SMILES string of the molecule is Cc1ccc(NC(=O)CC2CCCCC2)nc1. The maximum absolute atomic E-state index is 11.8. The largest absolute Gasteiger partial charge is 0.311 e. The van der Waals surface area contributed by atoms with Gasteiger partial charge in [-0.2, -0.15) is 0 Å². The molecule has 1 heterocycles. The summed E-state index contributed by atoms with van der Waals surface area (Å²) in [5.41, 5.74) is 1.11. The van der Waals surface area contributed by atoms with Crippen LogP contribution in [0.3, 0.4) is 0 Å². The molecule has 0 bridgehead atoms. The number of pyridine rings is 1. The van der Waals surface area contributed by atoms with Crippen molar-refractivity contribution in [3.63, 3.8) is 0 Å². The van der Waals surface area contributed by atoms with Gasteiger partial charge < -0.3 is 5.32 Å². The fourth-order valence-electron chi connectivity index (χ4n) is 2.39. The van der Waals surface area contributed by atoms with E-state index in [0.717, 1.165) is 5.56 Å². The highest BCUT2D eigenvalue weighted by atomic mass is 16.1. The van der Waals surface area contributed by atoms with Crippen molar-refractivity contribution in [3.8, 4) is 0 Å². The van der Waals surface area contributed by atoms with Gasteiger partial charge in [0.15, 0.2) is 0 Å². The van der Waals surface area contributed by atoms with Crippen molar-refractivity contribution in [3.05, 3.63) is 23.9 Å². The number of aromatic nitrogens is 1. The molecule has 1 aromatic rings. The Balaban J connectivity index is 1.82. The predicted molar refractivity (Wildman–Crippen MR) is 68.8 cm³/mol. The van der Waals surface area contributed by atoms with E-state index in [0.29, 0.717) is 18.2 Å². The molecule has 3 heteroatoms.